The van der Waals surface area contributed by atoms with Crippen LogP contribution in [0.3, 0.4) is 0 Å². The van der Waals surface area contributed by atoms with Gasteiger partial charge in [0.15, 0.2) is 0 Å². The molecular weight excluding hydrogens is 170 g/mol. The molecule has 82 valence electrons. The second-order valence-corrected chi connectivity index (χ2v) is 6.53. The van der Waals surface area contributed by atoms with Gasteiger partial charge in [0.25, 0.3) is 0 Å². The lowest BCUT2D eigenvalue weighted by Gasteiger charge is -2.45. The van der Waals surface area contributed by atoms with Crippen LogP contribution in [0.2, 0.25) is 0 Å². The average molecular weight is 195 g/mol. The summed E-state index contributed by atoms with van der Waals surface area (Å²) in [7, 11) is 0. The molecule has 1 nitrogen and oxygen atoms in total. The first-order valence-corrected chi connectivity index (χ1v) is 5.61. The minimum absolute atomic E-state index is 0.214. The van der Waals surface area contributed by atoms with Crippen LogP contribution in [-0.4, -0.2) is 16.5 Å². The van der Waals surface area contributed by atoms with Gasteiger partial charge in [0.1, 0.15) is 0 Å². The van der Waals surface area contributed by atoms with E-state index in [-0.39, 0.29) is 5.54 Å². The summed E-state index contributed by atoms with van der Waals surface area (Å²) in [5.41, 5.74) is 1.88. The highest BCUT2D eigenvalue weighted by Gasteiger charge is 2.40. The molecule has 0 radical (unpaired) electrons. The fraction of sp³-hybridized carbons (Fsp3) is 0.846. The molecule has 1 fully saturated rings. The Bertz CT molecular complexity index is 227. The number of hydrogen-bond acceptors (Lipinski definition) is 1. The molecule has 0 bridgehead atoms. The van der Waals surface area contributed by atoms with E-state index in [0.29, 0.717) is 11.5 Å². The van der Waals surface area contributed by atoms with Crippen molar-refractivity contribution in [2.24, 2.45) is 5.41 Å². The van der Waals surface area contributed by atoms with Crippen molar-refractivity contribution in [3.63, 3.8) is 0 Å². The monoisotopic (exact) mass is 195 g/mol. The van der Waals surface area contributed by atoms with Crippen LogP contribution in [0.1, 0.15) is 54.4 Å². The van der Waals surface area contributed by atoms with Crippen LogP contribution in [0, 0.1) is 5.41 Å². The molecule has 14 heavy (non-hydrogen) atoms. The molecule has 0 aliphatic carbocycles. The molecule has 0 N–H and O–H groups in total. The minimum Gasteiger partial charge on any atom is -0.367 e. The molecule has 0 aromatic rings. The van der Waals surface area contributed by atoms with Gasteiger partial charge >= 0.3 is 0 Å². The van der Waals surface area contributed by atoms with E-state index < -0.39 is 0 Å². The normalized spacial score (nSPS) is 24.6. The Morgan fingerprint density at radius 3 is 1.93 bits per heavy atom. The molecular formula is C13H25N. The molecule has 1 aliphatic heterocycles. The van der Waals surface area contributed by atoms with Gasteiger partial charge in [-0.2, -0.15) is 0 Å². The number of likely N-dealkylation sites (tertiary alicyclic amines) is 1. The van der Waals surface area contributed by atoms with Gasteiger partial charge in [-0.1, -0.05) is 27.4 Å². The number of hydrogen-bond donors (Lipinski definition) is 0. The minimum atomic E-state index is 0.214. The van der Waals surface area contributed by atoms with Crippen molar-refractivity contribution in [3.05, 3.63) is 12.3 Å². The molecule has 0 amide bonds. The highest BCUT2D eigenvalue weighted by molar-refractivity contribution is 5.11. The van der Waals surface area contributed by atoms with Gasteiger partial charge in [0.05, 0.1) is 0 Å². The molecule has 0 saturated carbocycles. The maximum atomic E-state index is 4.19. The van der Waals surface area contributed by atoms with E-state index in [4.69, 9.17) is 0 Å². The maximum absolute atomic E-state index is 4.19. The molecule has 0 aromatic heterocycles. The Kier molecular flexibility index (Phi) is 2.73. The number of allylic oxidation sites excluding steroid dienone is 1. The Morgan fingerprint density at radius 1 is 1.14 bits per heavy atom. The third kappa shape index (κ3) is 2.13. The third-order valence-electron chi connectivity index (χ3n) is 3.08. The topological polar surface area (TPSA) is 3.24 Å². The summed E-state index contributed by atoms with van der Waals surface area (Å²) >= 11 is 0. The first-order valence-electron chi connectivity index (χ1n) is 5.61. The lowest BCUT2D eigenvalue weighted by molar-refractivity contribution is 0.0818. The van der Waals surface area contributed by atoms with E-state index >= 15 is 0 Å². The standard InChI is InChI=1S/C13H25N/c1-10-8-9-11(12(2,3)4)14(10)13(5,6)7/h11H,1,8-9H2,2-7H3. The van der Waals surface area contributed by atoms with Gasteiger partial charge in [-0.3, -0.25) is 0 Å². The number of nitrogens with zero attached hydrogens (tertiary/aromatic N) is 1. The summed E-state index contributed by atoms with van der Waals surface area (Å²) in [6.45, 7) is 18.0. The quantitative estimate of drug-likeness (QED) is 0.568. The summed E-state index contributed by atoms with van der Waals surface area (Å²) in [6.07, 6.45) is 2.43. The maximum Gasteiger partial charge on any atom is 0.0344 e. The first kappa shape index (κ1) is 11.6. The Hall–Kier alpha value is -0.460. The second kappa shape index (κ2) is 3.29. The smallest absolute Gasteiger partial charge is 0.0344 e. The summed E-state index contributed by atoms with van der Waals surface area (Å²) in [5, 5.41) is 0. The van der Waals surface area contributed by atoms with E-state index in [1.807, 2.05) is 0 Å². The molecule has 1 heteroatoms. The van der Waals surface area contributed by atoms with Gasteiger partial charge in [0.2, 0.25) is 0 Å². The average Bonchev–Trinajstić information content (AvgIpc) is 2.27. The van der Waals surface area contributed by atoms with Crippen LogP contribution in [-0.2, 0) is 0 Å². The third-order valence-corrected chi connectivity index (χ3v) is 3.08. The summed E-state index contributed by atoms with van der Waals surface area (Å²) < 4.78 is 0. The molecule has 1 atom stereocenters. The highest BCUT2D eigenvalue weighted by atomic mass is 15.2. The summed E-state index contributed by atoms with van der Waals surface area (Å²) in [4.78, 5) is 2.52. The van der Waals surface area contributed by atoms with Crippen molar-refractivity contribution in [1.29, 1.82) is 0 Å². The van der Waals surface area contributed by atoms with E-state index in [2.05, 4.69) is 53.0 Å². The Balaban J connectivity index is 2.94. The Labute approximate surface area is 89.2 Å². The van der Waals surface area contributed by atoms with Crippen molar-refractivity contribution in [2.75, 3.05) is 0 Å². The lowest BCUT2D eigenvalue weighted by atomic mass is 9.83. The van der Waals surface area contributed by atoms with Crippen molar-refractivity contribution in [3.8, 4) is 0 Å². The predicted octanol–water partition coefficient (Wildman–Crippen LogP) is 3.81. The van der Waals surface area contributed by atoms with E-state index in [1.54, 1.807) is 0 Å². The summed E-state index contributed by atoms with van der Waals surface area (Å²) in [6, 6.07) is 0.648. The van der Waals surface area contributed by atoms with Gasteiger partial charge < -0.3 is 4.90 Å². The second-order valence-electron chi connectivity index (χ2n) is 6.53. The molecule has 1 heterocycles. The van der Waals surface area contributed by atoms with Crippen molar-refractivity contribution >= 4 is 0 Å². The van der Waals surface area contributed by atoms with Gasteiger partial charge in [-0.15, -0.1) is 0 Å². The molecule has 0 aromatic carbocycles. The predicted molar refractivity (Wildman–Crippen MR) is 63.2 cm³/mol. The molecule has 1 unspecified atom stereocenters. The van der Waals surface area contributed by atoms with Crippen molar-refractivity contribution < 1.29 is 0 Å². The molecule has 1 aliphatic rings. The van der Waals surface area contributed by atoms with Crippen LogP contribution in [0.4, 0.5) is 0 Å². The van der Waals surface area contributed by atoms with Crippen molar-refractivity contribution in [1.82, 2.24) is 4.90 Å². The summed E-state index contributed by atoms with van der Waals surface area (Å²) in [5.74, 6) is 0. The van der Waals surface area contributed by atoms with Crippen LogP contribution in [0.25, 0.3) is 0 Å². The van der Waals surface area contributed by atoms with Crippen LogP contribution < -0.4 is 0 Å². The lowest BCUT2D eigenvalue weighted by Crippen LogP contribution is -2.48. The van der Waals surface area contributed by atoms with Crippen LogP contribution in [0.15, 0.2) is 12.3 Å². The number of rotatable bonds is 0. The zero-order chi connectivity index (χ0) is 11.1. The molecule has 1 rings (SSSR count). The van der Waals surface area contributed by atoms with Crippen molar-refractivity contribution in [2.45, 2.75) is 66.0 Å². The fourth-order valence-corrected chi connectivity index (χ4v) is 2.54. The van der Waals surface area contributed by atoms with Gasteiger partial charge in [0, 0.05) is 17.3 Å². The van der Waals surface area contributed by atoms with Crippen LogP contribution >= 0.6 is 0 Å². The first-order chi connectivity index (χ1) is 6.14. The highest BCUT2D eigenvalue weighted by Crippen LogP contribution is 2.41. The fourth-order valence-electron chi connectivity index (χ4n) is 2.54. The zero-order valence-electron chi connectivity index (χ0n) is 10.6. The van der Waals surface area contributed by atoms with E-state index in [9.17, 15) is 0 Å². The van der Waals surface area contributed by atoms with Gasteiger partial charge in [-0.25, -0.2) is 0 Å². The SMILES string of the molecule is C=C1CCC(C(C)(C)C)N1C(C)(C)C. The molecule has 0 spiro atoms. The molecule has 1 saturated heterocycles. The van der Waals surface area contributed by atoms with E-state index in [0.717, 1.165) is 0 Å². The Morgan fingerprint density at radius 2 is 1.64 bits per heavy atom. The van der Waals surface area contributed by atoms with E-state index in [1.165, 1.54) is 18.5 Å². The van der Waals surface area contributed by atoms with Gasteiger partial charge in [-0.05, 0) is 39.0 Å². The largest absolute Gasteiger partial charge is 0.367 e. The van der Waals surface area contributed by atoms with Crippen LogP contribution in [0.5, 0.6) is 0 Å². The zero-order valence-corrected chi connectivity index (χ0v) is 10.6.